The van der Waals surface area contributed by atoms with E-state index in [1.165, 1.54) is 0 Å². The number of aliphatic hydroxyl groups is 1. The van der Waals surface area contributed by atoms with Crippen LogP contribution in [0.4, 0.5) is 0 Å². The molecule has 6 nitrogen and oxygen atoms in total. The second-order valence-electron chi connectivity index (χ2n) is 2.74. The monoisotopic (exact) mass is 212 g/mol. The topological polar surface area (TPSA) is 118 Å². The SMILES string of the molecule is O=C(O)/C(O)=C\c1cc(O)c(O)c(O)c1. The molecule has 0 spiro atoms. The van der Waals surface area contributed by atoms with Gasteiger partial charge in [0, 0.05) is 0 Å². The highest BCUT2D eigenvalue weighted by Crippen LogP contribution is 2.35. The first-order valence-corrected chi connectivity index (χ1v) is 3.80. The number of carboxylic acid groups (broad SMARTS) is 1. The third kappa shape index (κ3) is 2.31. The molecular weight excluding hydrogens is 204 g/mol. The third-order valence-corrected chi connectivity index (χ3v) is 1.61. The van der Waals surface area contributed by atoms with E-state index >= 15 is 0 Å². The number of benzene rings is 1. The Morgan fingerprint density at radius 1 is 1.07 bits per heavy atom. The van der Waals surface area contributed by atoms with Crippen molar-refractivity contribution in [2.75, 3.05) is 0 Å². The van der Waals surface area contributed by atoms with Crippen LogP contribution in [0.2, 0.25) is 0 Å². The van der Waals surface area contributed by atoms with E-state index in [-0.39, 0.29) is 5.56 Å². The second kappa shape index (κ2) is 3.79. The summed E-state index contributed by atoms with van der Waals surface area (Å²) in [7, 11) is 0. The molecule has 6 heteroatoms. The number of aromatic hydroxyl groups is 3. The van der Waals surface area contributed by atoms with Crippen LogP contribution in [0.3, 0.4) is 0 Å². The van der Waals surface area contributed by atoms with Crippen LogP contribution in [0.5, 0.6) is 17.2 Å². The summed E-state index contributed by atoms with van der Waals surface area (Å²) in [4.78, 5) is 10.2. The van der Waals surface area contributed by atoms with Crippen molar-refractivity contribution < 1.29 is 30.3 Å². The fourth-order valence-electron chi connectivity index (χ4n) is 0.928. The summed E-state index contributed by atoms with van der Waals surface area (Å²) < 4.78 is 0. The quantitative estimate of drug-likeness (QED) is 0.281. The van der Waals surface area contributed by atoms with Crippen molar-refractivity contribution in [2.24, 2.45) is 0 Å². The Bertz CT molecular complexity index is 411. The van der Waals surface area contributed by atoms with Gasteiger partial charge >= 0.3 is 5.97 Å². The van der Waals surface area contributed by atoms with Crippen molar-refractivity contribution in [3.05, 3.63) is 23.5 Å². The predicted octanol–water partition coefficient (Wildman–Crippen LogP) is 0.787. The highest BCUT2D eigenvalue weighted by molar-refractivity contribution is 5.89. The van der Waals surface area contributed by atoms with E-state index in [4.69, 9.17) is 25.5 Å². The minimum absolute atomic E-state index is 0.0442. The zero-order valence-corrected chi connectivity index (χ0v) is 7.38. The van der Waals surface area contributed by atoms with Gasteiger partial charge in [-0.2, -0.15) is 0 Å². The van der Waals surface area contributed by atoms with Gasteiger partial charge in [-0.25, -0.2) is 4.79 Å². The number of hydrogen-bond acceptors (Lipinski definition) is 5. The van der Waals surface area contributed by atoms with Crippen LogP contribution >= 0.6 is 0 Å². The van der Waals surface area contributed by atoms with Gasteiger partial charge in [0.2, 0.25) is 5.76 Å². The number of hydrogen-bond donors (Lipinski definition) is 5. The summed E-state index contributed by atoms with van der Waals surface area (Å²) in [6.07, 6.45) is 0.821. The van der Waals surface area contributed by atoms with Crippen LogP contribution in [-0.2, 0) is 4.79 Å². The predicted molar refractivity (Wildman–Crippen MR) is 49.7 cm³/mol. The normalized spacial score (nSPS) is 11.3. The number of aliphatic hydroxyl groups excluding tert-OH is 1. The first-order valence-electron chi connectivity index (χ1n) is 3.80. The highest BCUT2D eigenvalue weighted by Gasteiger charge is 2.09. The fourth-order valence-corrected chi connectivity index (χ4v) is 0.928. The van der Waals surface area contributed by atoms with Crippen molar-refractivity contribution in [1.82, 2.24) is 0 Å². The molecule has 1 aromatic rings. The zero-order chi connectivity index (χ0) is 11.6. The molecule has 0 atom stereocenters. The smallest absolute Gasteiger partial charge is 0.370 e. The highest BCUT2D eigenvalue weighted by atomic mass is 16.4. The average molecular weight is 212 g/mol. The minimum Gasteiger partial charge on any atom is -0.504 e. The molecule has 0 heterocycles. The molecule has 0 aliphatic rings. The molecule has 1 rings (SSSR count). The summed E-state index contributed by atoms with van der Waals surface area (Å²) in [5.74, 6) is -4.41. The van der Waals surface area contributed by atoms with Gasteiger partial charge < -0.3 is 25.5 Å². The van der Waals surface area contributed by atoms with Gasteiger partial charge in [-0.3, -0.25) is 0 Å². The van der Waals surface area contributed by atoms with E-state index in [9.17, 15) is 4.79 Å². The van der Waals surface area contributed by atoms with E-state index in [1.807, 2.05) is 0 Å². The Labute approximate surface area is 84.0 Å². The second-order valence-corrected chi connectivity index (χ2v) is 2.74. The average Bonchev–Trinajstić information content (AvgIpc) is 2.13. The van der Waals surface area contributed by atoms with Crippen LogP contribution in [0.25, 0.3) is 6.08 Å². The molecule has 0 radical (unpaired) electrons. The largest absolute Gasteiger partial charge is 0.504 e. The van der Waals surface area contributed by atoms with Crippen LogP contribution < -0.4 is 0 Å². The van der Waals surface area contributed by atoms with Gasteiger partial charge in [0.15, 0.2) is 17.2 Å². The Hall–Kier alpha value is -2.37. The Morgan fingerprint density at radius 3 is 1.93 bits per heavy atom. The van der Waals surface area contributed by atoms with Crippen LogP contribution in [0.1, 0.15) is 5.56 Å². The van der Waals surface area contributed by atoms with Crippen molar-refractivity contribution in [3.63, 3.8) is 0 Å². The van der Waals surface area contributed by atoms with Crippen molar-refractivity contribution >= 4 is 12.0 Å². The van der Waals surface area contributed by atoms with E-state index in [0.29, 0.717) is 0 Å². The molecule has 1 aromatic carbocycles. The first-order chi connectivity index (χ1) is 6.91. The molecule has 0 aliphatic carbocycles. The molecular formula is C9H8O6. The molecule has 5 N–H and O–H groups in total. The lowest BCUT2D eigenvalue weighted by atomic mass is 10.1. The molecule has 0 unspecified atom stereocenters. The lowest BCUT2D eigenvalue weighted by Gasteiger charge is -2.02. The molecule has 0 fully saturated rings. The minimum atomic E-state index is -1.54. The van der Waals surface area contributed by atoms with Gasteiger partial charge in [-0.05, 0) is 23.8 Å². The zero-order valence-electron chi connectivity index (χ0n) is 7.38. The van der Waals surface area contributed by atoms with E-state index in [1.54, 1.807) is 0 Å². The van der Waals surface area contributed by atoms with Gasteiger partial charge in [-0.15, -0.1) is 0 Å². The van der Waals surface area contributed by atoms with E-state index in [0.717, 1.165) is 18.2 Å². The fraction of sp³-hybridized carbons (Fsp3) is 0. The van der Waals surface area contributed by atoms with Gasteiger partial charge in [0.05, 0.1) is 0 Å². The van der Waals surface area contributed by atoms with Crippen molar-refractivity contribution in [3.8, 4) is 17.2 Å². The number of phenolic OH excluding ortho intramolecular Hbond substituents is 3. The molecule has 0 amide bonds. The molecule has 0 saturated heterocycles. The molecule has 0 bridgehead atoms. The van der Waals surface area contributed by atoms with Gasteiger partial charge in [-0.1, -0.05) is 0 Å². The first kappa shape index (κ1) is 10.7. The molecule has 15 heavy (non-hydrogen) atoms. The van der Waals surface area contributed by atoms with Crippen LogP contribution in [-0.4, -0.2) is 31.5 Å². The number of carbonyl (C=O) groups is 1. The van der Waals surface area contributed by atoms with Gasteiger partial charge in [0.25, 0.3) is 0 Å². The summed E-state index contributed by atoms with van der Waals surface area (Å²) >= 11 is 0. The summed E-state index contributed by atoms with van der Waals surface area (Å²) in [6.45, 7) is 0. The maximum Gasteiger partial charge on any atom is 0.370 e. The van der Waals surface area contributed by atoms with Gasteiger partial charge in [0.1, 0.15) is 0 Å². The number of phenols is 3. The maximum atomic E-state index is 10.2. The van der Waals surface area contributed by atoms with Crippen molar-refractivity contribution in [2.45, 2.75) is 0 Å². The Balaban J connectivity index is 3.18. The third-order valence-electron chi connectivity index (χ3n) is 1.61. The summed E-state index contributed by atoms with van der Waals surface area (Å²) in [5, 5.41) is 44.3. The van der Waals surface area contributed by atoms with E-state index < -0.39 is 29.0 Å². The van der Waals surface area contributed by atoms with E-state index in [2.05, 4.69) is 0 Å². The number of rotatable bonds is 2. The molecule has 0 saturated carbocycles. The molecule has 80 valence electrons. The summed E-state index contributed by atoms with van der Waals surface area (Å²) in [6, 6.07) is 1.99. The maximum absolute atomic E-state index is 10.2. The molecule has 0 aromatic heterocycles. The number of aliphatic carboxylic acids is 1. The lowest BCUT2D eigenvalue weighted by molar-refractivity contribution is -0.135. The van der Waals surface area contributed by atoms with Crippen LogP contribution in [0.15, 0.2) is 17.9 Å². The summed E-state index contributed by atoms with van der Waals surface area (Å²) in [5.41, 5.74) is 0.0442. The lowest BCUT2D eigenvalue weighted by Crippen LogP contribution is -1.98. The molecule has 0 aliphatic heterocycles. The Morgan fingerprint density at radius 2 is 1.53 bits per heavy atom. The van der Waals surface area contributed by atoms with Crippen LogP contribution in [0, 0.1) is 0 Å². The number of carboxylic acids is 1. The van der Waals surface area contributed by atoms with Crippen molar-refractivity contribution in [1.29, 1.82) is 0 Å². The Kier molecular flexibility index (Phi) is 2.70. The standard InChI is InChI=1S/C9H8O6/c10-5-1-4(2-6(11)8(5)13)3-7(12)9(14)15/h1-3,10-13H,(H,14,15)/b7-3+.